The topological polar surface area (TPSA) is 35.4 Å². The molecule has 25 heavy (non-hydrogen) atoms. The Morgan fingerprint density at radius 2 is 2.00 bits per heavy atom. The van der Waals surface area contributed by atoms with Crippen molar-refractivity contribution in [2.45, 2.75) is 57.8 Å². The van der Waals surface area contributed by atoms with Gasteiger partial charge in [0.1, 0.15) is 11.5 Å². The maximum Gasteiger partial charge on any atom is 0.151 e. The first-order valence-corrected chi connectivity index (χ1v) is 9.59. The van der Waals surface area contributed by atoms with Crippen molar-refractivity contribution in [3.8, 4) is 11.5 Å². The van der Waals surface area contributed by atoms with Crippen molar-refractivity contribution in [2.75, 3.05) is 13.1 Å². The summed E-state index contributed by atoms with van der Waals surface area (Å²) in [6, 6.07) is 10.7. The summed E-state index contributed by atoms with van der Waals surface area (Å²) in [6.07, 6.45) is 6.48. The van der Waals surface area contributed by atoms with Crippen molar-refractivity contribution in [3.63, 3.8) is 0 Å². The summed E-state index contributed by atoms with van der Waals surface area (Å²) in [6.45, 7) is 7.18. The van der Waals surface area contributed by atoms with Gasteiger partial charge >= 0.3 is 0 Å². The van der Waals surface area contributed by atoms with E-state index in [2.05, 4.69) is 60.3 Å². The minimum Gasteiger partial charge on any atom is -0.490 e. The highest BCUT2D eigenvalue weighted by Crippen LogP contribution is 2.41. The van der Waals surface area contributed by atoms with Crippen LogP contribution in [0.3, 0.4) is 0 Å². The van der Waals surface area contributed by atoms with Crippen LogP contribution >= 0.6 is 0 Å². The van der Waals surface area contributed by atoms with E-state index in [4.69, 9.17) is 9.47 Å². The zero-order valence-electron chi connectivity index (χ0n) is 15.3. The molecule has 0 bridgehead atoms. The zero-order valence-corrected chi connectivity index (χ0v) is 15.3. The largest absolute Gasteiger partial charge is 0.490 e. The molecule has 1 aromatic carbocycles. The molecule has 4 rings (SSSR count). The van der Waals surface area contributed by atoms with Crippen LogP contribution in [0.25, 0.3) is 0 Å². The van der Waals surface area contributed by atoms with E-state index in [0.717, 1.165) is 56.8 Å². The summed E-state index contributed by atoms with van der Waals surface area (Å²) in [7, 11) is 0. The van der Waals surface area contributed by atoms with Gasteiger partial charge in [0, 0.05) is 30.7 Å². The number of hydrogen-bond acceptors (Lipinski definition) is 3. The van der Waals surface area contributed by atoms with Gasteiger partial charge in [-0.3, -0.25) is 0 Å². The van der Waals surface area contributed by atoms with Crippen LogP contribution < -0.4 is 14.8 Å². The molecule has 4 nitrogen and oxygen atoms in total. The number of rotatable bonds is 4. The van der Waals surface area contributed by atoms with Gasteiger partial charge in [-0.2, -0.15) is 0 Å². The van der Waals surface area contributed by atoms with Gasteiger partial charge in [-0.05, 0) is 50.2 Å². The van der Waals surface area contributed by atoms with Crippen molar-refractivity contribution in [2.24, 2.45) is 0 Å². The summed E-state index contributed by atoms with van der Waals surface area (Å²) in [5.74, 6) is 1.90. The molecule has 2 aromatic rings. The predicted molar refractivity (Wildman–Crippen MR) is 99.4 cm³/mol. The number of hydrogen-bond donors (Lipinski definition) is 1. The number of benzene rings is 1. The second-order valence-corrected chi connectivity index (χ2v) is 7.19. The Hall–Kier alpha value is -1.94. The highest BCUT2D eigenvalue weighted by molar-refractivity contribution is 5.43. The quantitative estimate of drug-likeness (QED) is 0.911. The Morgan fingerprint density at radius 3 is 2.76 bits per heavy atom. The van der Waals surface area contributed by atoms with Crippen LogP contribution in [0.4, 0.5) is 0 Å². The van der Waals surface area contributed by atoms with Crippen LogP contribution in [-0.4, -0.2) is 23.8 Å². The molecule has 4 heteroatoms. The molecule has 0 radical (unpaired) electrons. The van der Waals surface area contributed by atoms with Gasteiger partial charge in [-0.15, -0.1) is 0 Å². The molecule has 1 saturated heterocycles. The Labute approximate surface area is 150 Å². The molecular weight excluding hydrogens is 312 g/mol. The van der Waals surface area contributed by atoms with E-state index in [1.165, 1.54) is 11.3 Å². The fourth-order valence-corrected chi connectivity index (χ4v) is 4.08. The Bertz CT molecular complexity index is 727. The molecule has 2 aliphatic rings. The summed E-state index contributed by atoms with van der Waals surface area (Å²) in [4.78, 5) is 0. The summed E-state index contributed by atoms with van der Waals surface area (Å²) < 4.78 is 15.2. The molecule has 1 N–H and O–H groups in total. The molecule has 1 spiro atoms. The van der Waals surface area contributed by atoms with Gasteiger partial charge in [-0.25, -0.2) is 0 Å². The third-order valence-corrected chi connectivity index (χ3v) is 5.61. The standard InChI is InChI=1S/C21H28N2O2/c1-3-17(4-2)24-18-8-7-16-15-23-13-5-6-20(23)21(25-19(16)14-18)9-11-22-12-10-21/h5-8,13-14,17,22H,3-4,9-12,15H2,1-2H3. The van der Waals surface area contributed by atoms with Gasteiger partial charge in [0.05, 0.1) is 18.3 Å². The van der Waals surface area contributed by atoms with E-state index in [1.807, 2.05) is 0 Å². The Morgan fingerprint density at radius 1 is 1.20 bits per heavy atom. The molecular formula is C21H28N2O2. The fraction of sp³-hybridized carbons (Fsp3) is 0.524. The Kier molecular flexibility index (Phi) is 4.46. The van der Waals surface area contributed by atoms with Gasteiger partial charge < -0.3 is 19.4 Å². The number of piperidine rings is 1. The van der Waals surface area contributed by atoms with Crippen molar-refractivity contribution in [1.29, 1.82) is 0 Å². The lowest BCUT2D eigenvalue weighted by molar-refractivity contribution is 0.0290. The number of nitrogens with zero attached hydrogens (tertiary/aromatic N) is 1. The van der Waals surface area contributed by atoms with Crippen LogP contribution in [0.15, 0.2) is 36.5 Å². The first-order valence-electron chi connectivity index (χ1n) is 9.59. The number of fused-ring (bicyclic) bond motifs is 3. The highest BCUT2D eigenvalue weighted by atomic mass is 16.5. The summed E-state index contributed by atoms with van der Waals surface area (Å²) >= 11 is 0. The van der Waals surface area contributed by atoms with E-state index >= 15 is 0 Å². The molecule has 0 amide bonds. The lowest BCUT2D eigenvalue weighted by Gasteiger charge is -2.37. The SMILES string of the molecule is CCC(CC)Oc1ccc2c(c1)OC1(CCNCC1)c1cccn1C2. The average Bonchev–Trinajstić information content (AvgIpc) is 3.07. The average molecular weight is 340 g/mol. The van der Waals surface area contributed by atoms with Crippen LogP contribution in [0.5, 0.6) is 11.5 Å². The number of ether oxygens (including phenoxy) is 2. The minimum atomic E-state index is -0.229. The number of aromatic nitrogens is 1. The van der Waals surface area contributed by atoms with E-state index in [9.17, 15) is 0 Å². The molecule has 0 unspecified atom stereocenters. The lowest BCUT2D eigenvalue weighted by atomic mass is 9.88. The van der Waals surface area contributed by atoms with Gasteiger partial charge in [0.15, 0.2) is 5.60 Å². The van der Waals surface area contributed by atoms with Crippen LogP contribution in [-0.2, 0) is 12.1 Å². The number of nitrogens with one attached hydrogen (secondary N) is 1. The third-order valence-electron chi connectivity index (χ3n) is 5.61. The van der Waals surface area contributed by atoms with Crippen molar-refractivity contribution in [3.05, 3.63) is 47.8 Å². The van der Waals surface area contributed by atoms with Gasteiger partial charge in [-0.1, -0.05) is 13.8 Å². The van der Waals surface area contributed by atoms with E-state index in [-0.39, 0.29) is 11.7 Å². The molecule has 0 saturated carbocycles. The van der Waals surface area contributed by atoms with E-state index < -0.39 is 0 Å². The fourth-order valence-electron chi connectivity index (χ4n) is 4.08. The van der Waals surface area contributed by atoms with Crippen molar-refractivity contribution >= 4 is 0 Å². The van der Waals surface area contributed by atoms with Crippen LogP contribution in [0, 0.1) is 0 Å². The summed E-state index contributed by atoms with van der Waals surface area (Å²) in [5, 5.41) is 3.46. The van der Waals surface area contributed by atoms with Crippen LogP contribution in [0.2, 0.25) is 0 Å². The maximum absolute atomic E-state index is 6.72. The third kappa shape index (κ3) is 3.04. The predicted octanol–water partition coefficient (Wildman–Crippen LogP) is 4.07. The minimum absolute atomic E-state index is 0.229. The molecule has 0 atom stereocenters. The van der Waals surface area contributed by atoms with Crippen molar-refractivity contribution in [1.82, 2.24) is 9.88 Å². The summed E-state index contributed by atoms with van der Waals surface area (Å²) in [5.41, 5.74) is 2.30. The maximum atomic E-state index is 6.72. The monoisotopic (exact) mass is 340 g/mol. The molecule has 1 fully saturated rings. The van der Waals surface area contributed by atoms with Crippen molar-refractivity contribution < 1.29 is 9.47 Å². The van der Waals surface area contributed by atoms with Gasteiger partial charge in [0.2, 0.25) is 0 Å². The molecule has 3 heterocycles. The first-order chi connectivity index (χ1) is 12.2. The van der Waals surface area contributed by atoms with E-state index in [0.29, 0.717) is 0 Å². The smallest absolute Gasteiger partial charge is 0.151 e. The lowest BCUT2D eigenvalue weighted by Crippen LogP contribution is -2.44. The molecule has 134 valence electrons. The zero-order chi connectivity index (χ0) is 17.3. The van der Waals surface area contributed by atoms with Gasteiger partial charge in [0.25, 0.3) is 0 Å². The van der Waals surface area contributed by atoms with E-state index in [1.54, 1.807) is 0 Å². The molecule has 1 aromatic heterocycles. The van der Waals surface area contributed by atoms with Crippen LogP contribution in [0.1, 0.15) is 50.8 Å². The molecule has 2 aliphatic heterocycles. The highest BCUT2D eigenvalue weighted by Gasteiger charge is 2.40. The molecule has 0 aliphatic carbocycles. The Balaban J connectivity index is 1.70. The normalized spacial score (nSPS) is 18.4. The second kappa shape index (κ2) is 6.75. The first kappa shape index (κ1) is 16.5. The second-order valence-electron chi connectivity index (χ2n) is 7.19.